The molecule has 1 unspecified atom stereocenters. The van der Waals surface area contributed by atoms with E-state index in [4.69, 9.17) is 14.3 Å². The van der Waals surface area contributed by atoms with Crippen LogP contribution in [-0.2, 0) is 14.3 Å². The highest BCUT2D eigenvalue weighted by molar-refractivity contribution is 5.21. The largest absolute Gasteiger partial charge is 0.348 e. The molecule has 3 saturated heterocycles. The van der Waals surface area contributed by atoms with E-state index in [0.29, 0.717) is 24.8 Å². The highest BCUT2D eigenvalue weighted by atomic mass is 16.8. The van der Waals surface area contributed by atoms with Crippen LogP contribution in [0.1, 0.15) is 38.3 Å². The first-order valence-corrected chi connectivity index (χ1v) is 7.44. The zero-order valence-electron chi connectivity index (χ0n) is 12.0. The summed E-state index contributed by atoms with van der Waals surface area (Å²) < 4.78 is 11.7. The molecule has 20 heavy (non-hydrogen) atoms. The van der Waals surface area contributed by atoms with Crippen LogP contribution >= 0.6 is 0 Å². The molecule has 0 saturated carbocycles. The lowest BCUT2D eigenvalue weighted by Gasteiger charge is -2.32. The summed E-state index contributed by atoms with van der Waals surface area (Å²) >= 11 is 0. The first kappa shape index (κ1) is 12.8. The number of nitrogens with zero attached hydrogens (tertiary/aromatic N) is 1. The molecule has 0 spiro atoms. The summed E-state index contributed by atoms with van der Waals surface area (Å²) in [6.07, 6.45) is 2.57. The van der Waals surface area contributed by atoms with Gasteiger partial charge in [-0.15, -0.1) is 0 Å². The molecule has 0 aromatic heterocycles. The second-order valence-corrected chi connectivity index (χ2v) is 6.42. The molecule has 5 atom stereocenters. The molecule has 2 bridgehead atoms. The van der Waals surface area contributed by atoms with Crippen molar-refractivity contribution >= 4 is 0 Å². The summed E-state index contributed by atoms with van der Waals surface area (Å²) in [5.41, 5.74) is 1.33. The van der Waals surface area contributed by atoms with Crippen molar-refractivity contribution in [1.29, 1.82) is 0 Å². The molecule has 3 fully saturated rings. The fraction of sp³-hybridized carbons (Fsp3) is 0.625. The number of fused-ring (bicyclic) bond motifs is 2. The highest BCUT2D eigenvalue weighted by Gasteiger charge is 2.52. The normalized spacial score (nSPS) is 42.2. The number of hydrogen-bond donors (Lipinski definition) is 0. The Morgan fingerprint density at radius 1 is 1.15 bits per heavy atom. The van der Waals surface area contributed by atoms with Crippen molar-refractivity contribution in [3.63, 3.8) is 0 Å². The molecule has 0 aliphatic carbocycles. The maximum Gasteiger partial charge on any atom is 0.163 e. The third-order valence-corrected chi connectivity index (χ3v) is 4.54. The van der Waals surface area contributed by atoms with E-state index in [2.05, 4.69) is 35.4 Å². The van der Waals surface area contributed by atoms with Gasteiger partial charge in [0.25, 0.3) is 0 Å². The molecule has 4 nitrogen and oxygen atoms in total. The van der Waals surface area contributed by atoms with E-state index in [1.807, 2.05) is 13.8 Å². The van der Waals surface area contributed by atoms with Crippen LogP contribution in [0, 0.1) is 0 Å². The van der Waals surface area contributed by atoms with Crippen LogP contribution in [0.5, 0.6) is 0 Å². The summed E-state index contributed by atoms with van der Waals surface area (Å²) in [4.78, 5) is 6.03. The van der Waals surface area contributed by atoms with Gasteiger partial charge >= 0.3 is 0 Å². The van der Waals surface area contributed by atoms with E-state index in [-0.39, 0.29) is 6.10 Å². The minimum Gasteiger partial charge on any atom is -0.348 e. The average molecular weight is 275 g/mol. The van der Waals surface area contributed by atoms with Gasteiger partial charge in [0.05, 0.1) is 24.8 Å². The monoisotopic (exact) mass is 275 g/mol. The van der Waals surface area contributed by atoms with Crippen molar-refractivity contribution in [1.82, 2.24) is 5.06 Å². The van der Waals surface area contributed by atoms with Gasteiger partial charge < -0.3 is 9.47 Å². The van der Waals surface area contributed by atoms with Gasteiger partial charge in [0, 0.05) is 0 Å². The van der Waals surface area contributed by atoms with Crippen LogP contribution in [0.15, 0.2) is 30.3 Å². The number of hydroxylamine groups is 2. The summed E-state index contributed by atoms with van der Waals surface area (Å²) in [7, 11) is 0. The van der Waals surface area contributed by atoms with Gasteiger partial charge in [-0.1, -0.05) is 30.3 Å². The molecule has 3 heterocycles. The lowest BCUT2D eigenvalue weighted by atomic mass is 9.91. The SMILES string of the molecule is CC1(C)OC[C@H]([C@H]2C[C@@H]3C[C@@H](c4ccccc4)N2O3)O1. The second kappa shape index (κ2) is 4.53. The van der Waals surface area contributed by atoms with E-state index < -0.39 is 5.79 Å². The number of hydrogen-bond acceptors (Lipinski definition) is 4. The van der Waals surface area contributed by atoms with Crippen LogP contribution < -0.4 is 0 Å². The fourth-order valence-electron chi connectivity index (χ4n) is 3.64. The Hall–Kier alpha value is -0.940. The molecule has 1 aromatic rings. The van der Waals surface area contributed by atoms with Crippen LogP contribution in [0.4, 0.5) is 0 Å². The number of piperidine rings is 1. The molecule has 3 aliphatic rings. The zero-order valence-corrected chi connectivity index (χ0v) is 12.0. The molecular formula is C16H21NO3. The van der Waals surface area contributed by atoms with E-state index in [1.165, 1.54) is 5.56 Å². The molecule has 4 rings (SSSR count). The maximum absolute atomic E-state index is 6.03. The van der Waals surface area contributed by atoms with Crippen molar-refractivity contribution in [3.05, 3.63) is 35.9 Å². The van der Waals surface area contributed by atoms with Gasteiger partial charge in [0.2, 0.25) is 0 Å². The van der Waals surface area contributed by atoms with E-state index in [9.17, 15) is 0 Å². The number of ether oxygens (including phenoxy) is 2. The first-order valence-electron chi connectivity index (χ1n) is 7.44. The topological polar surface area (TPSA) is 30.9 Å². The summed E-state index contributed by atoms with van der Waals surface area (Å²) in [5, 5.41) is 2.16. The fourth-order valence-corrected chi connectivity index (χ4v) is 3.64. The Morgan fingerprint density at radius 3 is 2.60 bits per heavy atom. The van der Waals surface area contributed by atoms with Crippen LogP contribution in [-0.4, -0.2) is 35.7 Å². The molecule has 3 aliphatic heterocycles. The van der Waals surface area contributed by atoms with E-state index >= 15 is 0 Å². The summed E-state index contributed by atoms with van der Waals surface area (Å²) in [6, 6.07) is 11.3. The molecular weight excluding hydrogens is 254 g/mol. The van der Waals surface area contributed by atoms with Gasteiger partial charge in [-0.3, -0.25) is 4.84 Å². The van der Waals surface area contributed by atoms with Crippen molar-refractivity contribution < 1.29 is 14.3 Å². The number of benzene rings is 1. The Kier molecular flexibility index (Phi) is 2.89. The Bertz CT molecular complexity index is 490. The first-order chi connectivity index (χ1) is 9.62. The summed E-state index contributed by atoms with van der Waals surface area (Å²) in [6.45, 7) is 4.61. The average Bonchev–Trinajstić information content (AvgIpc) is 3.12. The minimum absolute atomic E-state index is 0.113. The minimum atomic E-state index is -0.462. The molecule has 1 aromatic carbocycles. The molecule has 0 radical (unpaired) electrons. The predicted molar refractivity (Wildman–Crippen MR) is 73.8 cm³/mol. The van der Waals surface area contributed by atoms with Gasteiger partial charge in [-0.2, -0.15) is 5.06 Å². The lowest BCUT2D eigenvalue weighted by molar-refractivity contribution is -0.178. The van der Waals surface area contributed by atoms with Crippen LogP contribution in [0.25, 0.3) is 0 Å². The van der Waals surface area contributed by atoms with Crippen molar-refractivity contribution in [2.75, 3.05) is 6.61 Å². The van der Waals surface area contributed by atoms with E-state index in [0.717, 1.165) is 12.8 Å². The molecule has 108 valence electrons. The Morgan fingerprint density at radius 2 is 1.95 bits per heavy atom. The van der Waals surface area contributed by atoms with Crippen molar-refractivity contribution in [2.45, 2.75) is 56.8 Å². The second-order valence-electron chi connectivity index (χ2n) is 6.42. The quantitative estimate of drug-likeness (QED) is 0.830. The van der Waals surface area contributed by atoms with Gasteiger partial charge in [0.15, 0.2) is 5.79 Å². The van der Waals surface area contributed by atoms with Crippen molar-refractivity contribution in [3.8, 4) is 0 Å². The lowest BCUT2D eigenvalue weighted by Crippen LogP contribution is -2.43. The van der Waals surface area contributed by atoms with E-state index in [1.54, 1.807) is 0 Å². The Balaban J connectivity index is 1.54. The third kappa shape index (κ3) is 2.07. The zero-order chi connectivity index (χ0) is 13.7. The smallest absolute Gasteiger partial charge is 0.163 e. The third-order valence-electron chi connectivity index (χ3n) is 4.54. The predicted octanol–water partition coefficient (Wildman–Crippen LogP) is 2.66. The molecule has 0 N–H and O–H groups in total. The van der Waals surface area contributed by atoms with Crippen LogP contribution in [0.3, 0.4) is 0 Å². The molecule has 4 heteroatoms. The van der Waals surface area contributed by atoms with Crippen molar-refractivity contribution in [2.24, 2.45) is 0 Å². The molecule has 0 amide bonds. The maximum atomic E-state index is 6.03. The standard InChI is InChI=1S/C16H21NO3/c1-16(2)18-10-15(19-16)14-9-12-8-13(17(14)20-12)11-6-4-3-5-7-11/h3-7,12-15H,8-10H2,1-2H3/t12-,13-,14+,15+/m0/s1. The Labute approximate surface area is 119 Å². The highest BCUT2D eigenvalue weighted by Crippen LogP contribution is 2.46. The van der Waals surface area contributed by atoms with Gasteiger partial charge in [0.1, 0.15) is 6.10 Å². The van der Waals surface area contributed by atoms with Gasteiger partial charge in [-0.05, 0) is 32.3 Å². The van der Waals surface area contributed by atoms with Gasteiger partial charge in [-0.25, -0.2) is 0 Å². The number of rotatable bonds is 2. The summed E-state index contributed by atoms with van der Waals surface area (Å²) in [5.74, 6) is -0.462. The van der Waals surface area contributed by atoms with Crippen LogP contribution in [0.2, 0.25) is 0 Å².